The van der Waals surface area contributed by atoms with Crippen LogP contribution in [0.25, 0.3) is 10.2 Å². The van der Waals surface area contributed by atoms with Crippen LogP contribution >= 0.6 is 23.6 Å². The molecule has 1 amide bonds. The molecule has 2 aromatic heterocycles. The molecule has 1 N–H and O–H groups in total. The van der Waals surface area contributed by atoms with Crippen molar-refractivity contribution in [3.63, 3.8) is 0 Å². The van der Waals surface area contributed by atoms with Crippen LogP contribution in [0.15, 0.2) is 16.2 Å². The molecule has 3 heterocycles. The van der Waals surface area contributed by atoms with Crippen LogP contribution in [0.4, 0.5) is 0 Å². The summed E-state index contributed by atoms with van der Waals surface area (Å²) in [4.78, 5) is 29.4. The maximum atomic E-state index is 12.3. The molecule has 7 heteroatoms. The Morgan fingerprint density at radius 2 is 2.10 bits per heavy atom. The van der Waals surface area contributed by atoms with Crippen molar-refractivity contribution in [1.29, 1.82) is 0 Å². The number of carbonyl (C=O) groups is 1. The number of aromatic amines is 1. The van der Waals surface area contributed by atoms with E-state index < -0.39 is 0 Å². The molecule has 0 saturated carbocycles. The van der Waals surface area contributed by atoms with Gasteiger partial charge in [-0.1, -0.05) is 0 Å². The van der Waals surface area contributed by atoms with Crippen molar-refractivity contribution in [1.82, 2.24) is 14.5 Å². The lowest BCUT2D eigenvalue weighted by Crippen LogP contribution is -2.39. The monoisotopic (exact) mass is 309 g/mol. The van der Waals surface area contributed by atoms with Gasteiger partial charge in [-0.2, -0.15) is 0 Å². The Kier molecular flexibility index (Phi) is 3.71. The lowest BCUT2D eigenvalue weighted by molar-refractivity contribution is -0.132. The minimum atomic E-state index is -0.177. The van der Waals surface area contributed by atoms with Crippen molar-refractivity contribution in [3.8, 4) is 0 Å². The first-order valence-corrected chi connectivity index (χ1v) is 7.94. The van der Waals surface area contributed by atoms with Gasteiger partial charge in [-0.05, 0) is 42.9 Å². The molecule has 0 bridgehead atoms. The Labute approximate surface area is 124 Å². The number of carbonyl (C=O) groups excluding carboxylic acids is 1. The number of nitrogens with one attached hydrogen (secondary N) is 1. The number of hydrogen-bond acceptors (Lipinski definition) is 4. The third kappa shape index (κ3) is 2.43. The highest BCUT2D eigenvalue weighted by molar-refractivity contribution is 7.71. The molecule has 2 aromatic rings. The molecule has 1 aliphatic heterocycles. The highest BCUT2D eigenvalue weighted by atomic mass is 32.1. The van der Waals surface area contributed by atoms with Gasteiger partial charge >= 0.3 is 0 Å². The van der Waals surface area contributed by atoms with Crippen molar-refractivity contribution in [2.45, 2.75) is 25.8 Å². The highest BCUT2D eigenvalue weighted by Gasteiger charge is 2.18. The normalized spacial score (nSPS) is 15.7. The van der Waals surface area contributed by atoms with Crippen LogP contribution in [0.2, 0.25) is 0 Å². The van der Waals surface area contributed by atoms with Gasteiger partial charge in [0.05, 0.1) is 5.52 Å². The van der Waals surface area contributed by atoms with Crippen LogP contribution in [-0.2, 0) is 11.3 Å². The van der Waals surface area contributed by atoms with Crippen LogP contribution in [0, 0.1) is 4.77 Å². The van der Waals surface area contributed by atoms with Gasteiger partial charge in [0, 0.05) is 13.1 Å². The van der Waals surface area contributed by atoms with Gasteiger partial charge in [-0.15, -0.1) is 11.3 Å². The number of hydrogen-bond donors (Lipinski definition) is 1. The van der Waals surface area contributed by atoms with Crippen LogP contribution in [0.5, 0.6) is 0 Å². The quantitative estimate of drug-likeness (QED) is 0.865. The van der Waals surface area contributed by atoms with E-state index in [-0.39, 0.29) is 18.0 Å². The summed E-state index contributed by atoms with van der Waals surface area (Å²) in [7, 11) is 0. The lowest BCUT2D eigenvalue weighted by atomic mass is 10.1. The van der Waals surface area contributed by atoms with E-state index >= 15 is 0 Å². The van der Waals surface area contributed by atoms with E-state index in [1.54, 1.807) is 0 Å². The molecule has 1 fully saturated rings. The molecule has 0 atom stereocenters. The average Bonchev–Trinajstić information content (AvgIpc) is 2.92. The molecule has 106 valence electrons. The Balaban J connectivity index is 1.92. The Hall–Kier alpha value is -1.47. The van der Waals surface area contributed by atoms with Gasteiger partial charge < -0.3 is 9.88 Å². The summed E-state index contributed by atoms with van der Waals surface area (Å²) < 4.78 is 2.29. The molecular formula is C13H15N3O2S2. The van der Waals surface area contributed by atoms with E-state index in [0.717, 1.165) is 31.4 Å². The summed E-state index contributed by atoms with van der Waals surface area (Å²) in [5, 5.41) is 1.84. The van der Waals surface area contributed by atoms with Crippen LogP contribution in [0.3, 0.4) is 0 Å². The fourth-order valence-electron chi connectivity index (χ4n) is 2.49. The fourth-order valence-corrected chi connectivity index (χ4v) is 3.55. The summed E-state index contributed by atoms with van der Waals surface area (Å²) in [6, 6.07) is 1.83. The second-order valence-corrected chi connectivity index (χ2v) is 6.23. The molecule has 3 rings (SSSR count). The molecular weight excluding hydrogens is 294 g/mol. The van der Waals surface area contributed by atoms with Crippen LogP contribution < -0.4 is 5.56 Å². The fraction of sp³-hybridized carbons (Fsp3) is 0.462. The molecule has 5 nitrogen and oxygen atoms in total. The van der Waals surface area contributed by atoms with E-state index in [9.17, 15) is 9.59 Å². The first kappa shape index (κ1) is 13.5. The number of likely N-dealkylation sites (tertiary alicyclic amines) is 1. The zero-order valence-electron chi connectivity index (χ0n) is 10.9. The Morgan fingerprint density at radius 3 is 2.85 bits per heavy atom. The maximum absolute atomic E-state index is 12.3. The predicted octanol–water partition coefficient (Wildman–Crippen LogP) is 2.13. The molecule has 20 heavy (non-hydrogen) atoms. The molecule has 1 aliphatic rings. The van der Waals surface area contributed by atoms with Crippen molar-refractivity contribution < 1.29 is 4.79 Å². The van der Waals surface area contributed by atoms with E-state index in [4.69, 9.17) is 12.2 Å². The number of aromatic nitrogens is 2. The van der Waals surface area contributed by atoms with Crippen LogP contribution in [-0.4, -0.2) is 33.4 Å². The number of rotatable bonds is 2. The lowest BCUT2D eigenvalue weighted by Gasteiger charge is -2.26. The minimum absolute atomic E-state index is 0.0257. The zero-order valence-corrected chi connectivity index (χ0v) is 12.6. The summed E-state index contributed by atoms with van der Waals surface area (Å²) in [5.74, 6) is -0.0257. The minimum Gasteiger partial charge on any atom is -0.341 e. The predicted molar refractivity (Wildman–Crippen MR) is 81.7 cm³/mol. The third-order valence-electron chi connectivity index (χ3n) is 3.59. The molecule has 0 spiro atoms. The largest absolute Gasteiger partial charge is 0.341 e. The average molecular weight is 309 g/mol. The van der Waals surface area contributed by atoms with Gasteiger partial charge in [-0.3, -0.25) is 14.2 Å². The van der Waals surface area contributed by atoms with E-state index in [0.29, 0.717) is 9.47 Å². The highest BCUT2D eigenvalue weighted by Crippen LogP contribution is 2.14. The topological polar surface area (TPSA) is 58.1 Å². The van der Waals surface area contributed by atoms with Crippen molar-refractivity contribution in [2.24, 2.45) is 0 Å². The van der Waals surface area contributed by atoms with Crippen molar-refractivity contribution >= 4 is 39.7 Å². The van der Waals surface area contributed by atoms with Gasteiger partial charge in [0.15, 0.2) is 4.77 Å². The number of nitrogens with zero attached hydrogens (tertiary/aromatic N) is 2. The third-order valence-corrected chi connectivity index (χ3v) is 4.82. The van der Waals surface area contributed by atoms with E-state index in [2.05, 4.69) is 4.98 Å². The molecule has 0 radical (unpaired) electrons. The first-order chi connectivity index (χ1) is 9.66. The standard InChI is InChI=1S/C13H15N3O2S2/c17-10(15-5-2-1-3-6-15)8-16-12(18)11-9(4-7-20-11)14-13(16)19/h4,7H,1-3,5-6,8H2,(H,14,19). The summed E-state index contributed by atoms with van der Waals surface area (Å²) in [5.41, 5.74) is 0.566. The Bertz CT molecular complexity index is 753. The maximum Gasteiger partial charge on any atom is 0.272 e. The van der Waals surface area contributed by atoms with Gasteiger partial charge in [-0.25, -0.2) is 0 Å². The molecule has 1 saturated heterocycles. The second kappa shape index (κ2) is 5.49. The smallest absolute Gasteiger partial charge is 0.272 e. The van der Waals surface area contributed by atoms with Gasteiger partial charge in [0.2, 0.25) is 5.91 Å². The molecule has 0 aromatic carbocycles. The zero-order chi connectivity index (χ0) is 14.1. The van der Waals surface area contributed by atoms with E-state index in [1.165, 1.54) is 22.3 Å². The van der Waals surface area contributed by atoms with Crippen molar-refractivity contribution in [2.75, 3.05) is 13.1 Å². The number of fused-ring (bicyclic) bond motifs is 1. The Morgan fingerprint density at radius 1 is 1.35 bits per heavy atom. The first-order valence-electron chi connectivity index (χ1n) is 6.65. The van der Waals surface area contributed by atoms with Crippen LogP contribution in [0.1, 0.15) is 19.3 Å². The number of thiophene rings is 1. The second-order valence-electron chi connectivity index (χ2n) is 4.93. The summed E-state index contributed by atoms with van der Waals surface area (Å²) in [6.07, 6.45) is 3.25. The van der Waals surface area contributed by atoms with Gasteiger partial charge in [0.1, 0.15) is 11.2 Å². The summed E-state index contributed by atoms with van der Waals surface area (Å²) >= 11 is 6.56. The van der Waals surface area contributed by atoms with Crippen molar-refractivity contribution in [3.05, 3.63) is 26.6 Å². The molecule has 0 unspecified atom stereocenters. The SMILES string of the molecule is O=C(Cn1c(=S)[nH]c2ccsc2c1=O)N1CCCCC1. The molecule has 0 aliphatic carbocycles. The number of amides is 1. The number of H-pyrrole nitrogens is 1. The van der Waals surface area contributed by atoms with Gasteiger partial charge in [0.25, 0.3) is 5.56 Å². The van der Waals surface area contributed by atoms with E-state index in [1.807, 2.05) is 16.3 Å². The number of piperidine rings is 1. The summed E-state index contributed by atoms with van der Waals surface area (Å²) in [6.45, 7) is 1.60.